The number of fused-ring (bicyclic) bond motifs is 1. The van der Waals surface area contributed by atoms with Gasteiger partial charge in [-0.05, 0) is 62.1 Å². The van der Waals surface area contributed by atoms with Gasteiger partial charge in [0.25, 0.3) is 0 Å². The Balaban J connectivity index is 1.29. The molecule has 5 nitrogen and oxygen atoms in total. The number of benzene rings is 1. The van der Waals surface area contributed by atoms with Crippen LogP contribution in [-0.2, 0) is 11.3 Å². The van der Waals surface area contributed by atoms with E-state index >= 15 is 0 Å². The van der Waals surface area contributed by atoms with E-state index < -0.39 is 0 Å². The van der Waals surface area contributed by atoms with Crippen LogP contribution in [0.15, 0.2) is 54.4 Å². The Labute approximate surface area is 172 Å². The third-order valence-corrected chi connectivity index (χ3v) is 7.12. The molecule has 1 atom stereocenters. The average Bonchev–Trinajstić information content (AvgIpc) is 3.16. The summed E-state index contributed by atoms with van der Waals surface area (Å²) in [4.78, 5) is 21.5. The predicted octanol–water partition coefficient (Wildman–Crippen LogP) is 3.76. The molecule has 152 valence electrons. The molecule has 2 N–H and O–H groups in total. The van der Waals surface area contributed by atoms with Crippen LogP contribution in [-0.4, -0.2) is 46.5 Å². The highest BCUT2D eigenvalue weighted by Crippen LogP contribution is 2.42. The number of likely N-dealkylation sites (tertiary alicyclic amines) is 2. The lowest BCUT2D eigenvalue weighted by molar-refractivity contribution is -0.151. The van der Waals surface area contributed by atoms with E-state index in [2.05, 4.69) is 63.6 Å². The van der Waals surface area contributed by atoms with Crippen LogP contribution in [0.3, 0.4) is 0 Å². The molecule has 1 unspecified atom stereocenters. The molecule has 1 aromatic heterocycles. The molecule has 0 bridgehead atoms. The van der Waals surface area contributed by atoms with Crippen LogP contribution < -0.4 is 5.32 Å². The van der Waals surface area contributed by atoms with Crippen molar-refractivity contribution in [1.29, 1.82) is 0 Å². The first-order chi connectivity index (χ1) is 14.2. The summed E-state index contributed by atoms with van der Waals surface area (Å²) in [7, 11) is 0. The zero-order valence-electron chi connectivity index (χ0n) is 17.2. The lowest BCUT2D eigenvalue weighted by Crippen LogP contribution is -2.56. The number of hydrogen-bond acceptors (Lipinski definition) is 3. The second kappa shape index (κ2) is 7.38. The molecule has 2 aromatic rings. The minimum atomic E-state index is -0.164. The molecule has 1 spiro atoms. The molecule has 0 saturated carbocycles. The van der Waals surface area contributed by atoms with Crippen molar-refractivity contribution < 1.29 is 4.79 Å². The van der Waals surface area contributed by atoms with Crippen LogP contribution in [0.5, 0.6) is 0 Å². The van der Waals surface area contributed by atoms with Crippen LogP contribution in [0, 0.1) is 5.41 Å². The molecular formula is C24H30N4O. The summed E-state index contributed by atoms with van der Waals surface area (Å²) in [5, 5.41) is 4.70. The fourth-order valence-corrected chi connectivity index (χ4v) is 5.41. The van der Waals surface area contributed by atoms with Crippen molar-refractivity contribution in [3.63, 3.8) is 0 Å². The van der Waals surface area contributed by atoms with Crippen LogP contribution in [0.25, 0.3) is 10.9 Å². The van der Waals surface area contributed by atoms with Crippen molar-refractivity contribution in [2.75, 3.05) is 19.6 Å². The highest BCUT2D eigenvalue weighted by atomic mass is 16.2. The average molecular weight is 391 g/mol. The van der Waals surface area contributed by atoms with Crippen molar-refractivity contribution in [3.05, 3.63) is 60.0 Å². The normalized spacial score (nSPS) is 24.7. The number of para-hydroxylation sites is 1. The van der Waals surface area contributed by atoms with Crippen molar-refractivity contribution in [3.8, 4) is 0 Å². The molecule has 3 aliphatic rings. The minimum Gasteiger partial charge on any atom is -0.372 e. The molecule has 1 aromatic carbocycles. The lowest BCUT2D eigenvalue weighted by atomic mass is 9.71. The Morgan fingerprint density at radius 1 is 1.14 bits per heavy atom. The van der Waals surface area contributed by atoms with Crippen molar-refractivity contribution in [2.24, 2.45) is 5.41 Å². The van der Waals surface area contributed by atoms with Gasteiger partial charge in [-0.25, -0.2) is 0 Å². The van der Waals surface area contributed by atoms with E-state index in [0.717, 1.165) is 50.8 Å². The smallest absolute Gasteiger partial charge is 0.229 e. The van der Waals surface area contributed by atoms with Gasteiger partial charge in [0.05, 0.1) is 5.41 Å². The molecule has 0 radical (unpaired) electrons. The number of H-pyrrole nitrogens is 1. The number of carbonyl (C=O) groups is 1. The topological polar surface area (TPSA) is 51.4 Å². The molecule has 2 fully saturated rings. The number of rotatable bonds is 3. The van der Waals surface area contributed by atoms with Gasteiger partial charge in [-0.1, -0.05) is 24.3 Å². The van der Waals surface area contributed by atoms with Gasteiger partial charge in [0, 0.05) is 43.3 Å². The fourth-order valence-electron chi connectivity index (χ4n) is 5.41. The summed E-state index contributed by atoms with van der Waals surface area (Å²) in [6.45, 7) is 5.72. The standard InChI is InChI=1S/C24H30N4O/c1-18-6-4-12-25-22(18)27-14-10-24(11-15-27)9-5-13-28(23(24)29)17-19-16-26-21-8-3-2-7-20(19)21/h2-4,6-8,12,16,22,25-26H,5,9-11,13-15,17H2,1H3. The number of aromatic nitrogens is 1. The molecule has 4 heterocycles. The molecule has 3 aliphatic heterocycles. The van der Waals surface area contributed by atoms with E-state index in [1.165, 1.54) is 16.5 Å². The highest BCUT2D eigenvalue weighted by molar-refractivity contribution is 5.86. The van der Waals surface area contributed by atoms with Crippen LogP contribution >= 0.6 is 0 Å². The predicted molar refractivity (Wildman–Crippen MR) is 116 cm³/mol. The number of nitrogens with one attached hydrogen (secondary N) is 2. The molecular weight excluding hydrogens is 360 g/mol. The van der Waals surface area contributed by atoms with Gasteiger partial charge in [0.1, 0.15) is 6.17 Å². The number of dihydropyridines is 1. The molecule has 29 heavy (non-hydrogen) atoms. The van der Waals surface area contributed by atoms with E-state index in [1.807, 2.05) is 12.3 Å². The van der Waals surface area contributed by atoms with Crippen LogP contribution in [0.1, 0.15) is 38.2 Å². The Hall–Kier alpha value is -2.53. The molecule has 1 amide bonds. The third kappa shape index (κ3) is 3.27. The largest absolute Gasteiger partial charge is 0.372 e. The van der Waals surface area contributed by atoms with Gasteiger partial charge in [-0.3, -0.25) is 9.69 Å². The molecule has 5 rings (SSSR count). The van der Waals surface area contributed by atoms with Gasteiger partial charge in [0.2, 0.25) is 5.91 Å². The summed E-state index contributed by atoms with van der Waals surface area (Å²) in [6, 6.07) is 8.36. The Morgan fingerprint density at radius 2 is 1.97 bits per heavy atom. The number of hydrogen-bond donors (Lipinski definition) is 2. The zero-order chi connectivity index (χ0) is 19.8. The Morgan fingerprint density at radius 3 is 2.79 bits per heavy atom. The first-order valence-corrected chi connectivity index (χ1v) is 10.8. The summed E-state index contributed by atoms with van der Waals surface area (Å²) < 4.78 is 0. The number of carbonyl (C=O) groups excluding carboxylic acids is 1. The van der Waals surface area contributed by atoms with E-state index in [1.54, 1.807) is 0 Å². The first kappa shape index (κ1) is 18.5. The number of aromatic amines is 1. The summed E-state index contributed by atoms with van der Waals surface area (Å²) in [6.07, 6.45) is 12.7. The highest BCUT2D eigenvalue weighted by Gasteiger charge is 2.46. The van der Waals surface area contributed by atoms with Crippen molar-refractivity contribution >= 4 is 16.8 Å². The van der Waals surface area contributed by atoms with E-state index in [0.29, 0.717) is 12.5 Å². The third-order valence-electron chi connectivity index (χ3n) is 7.12. The lowest BCUT2D eigenvalue weighted by Gasteiger charge is -2.48. The fraction of sp³-hybridized carbons (Fsp3) is 0.458. The van der Waals surface area contributed by atoms with Crippen molar-refractivity contribution in [2.45, 2.75) is 45.3 Å². The maximum absolute atomic E-state index is 13.6. The second-order valence-corrected chi connectivity index (χ2v) is 8.85. The number of piperidine rings is 2. The first-order valence-electron chi connectivity index (χ1n) is 10.8. The second-order valence-electron chi connectivity index (χ2n) is 8.85. The van der Waals surface area contributed by atoms with Gasteiger partial charge in [-0.15, -0.1) is 0 Å². The van der Waals surface area contributed by atoms with E-state index in [4.69, 9.17) is 0 Å². The minimum absolute atomic E-state index is 0.164. The van der Waals surface area contributed by atoms with Gasteiger partial charge < -0.3 is 15.2 Å². The summed E-state index contributed by atoms with van der Waals surface area (Å²) >= 11 is 0. The Kier molecular flexibility index (Phi) is 4.70. The molecule has 2 saturated heterocycles. The van der Waals surface area contributed by atoms with Gasteiger partial charge >= 0.3 is 0 Å². The summed E-state index contributed by atoms with van der Waals surface area (Å²) in [5.74, 6) is 0.373. The molecule has 0 aliphatic carbocycles. The number of nitrogens with zero attached hydrogens (tertiary/aromatic N) is 2. The van der Waals surface area contributed by atoms with Gasteiger partial charge in [-0.2, -0.15) is 0 Å². The number of allylic oxidation sites excluding steroid dienone is 2. The zero-order valence-corrected chi connectivity index (χ0v) is 17.2. The monoisotopic (exact) mass is 390 g/mol. The van der Waals surface area contributed by atoms with Crippen molar-refractivity contribution in [1.82, 2.24) is 20.1 Å². The maximum atomic E-state index is 13.6. The summed E-state index contributed by atoms with van der Waals surface area (Å²) in [5.41, 5.74) is 3.55. The quantitative estimate of drug-likeness (QED) is 0.839. The van der Waals surface area contributed by atoms with Crippen LogP contribution in [0.4, 0.5) is 0 Å². The SMILES string of the molecule is CC1=CC=CNC1N1CCC2(CCCN(Cc3c[nH]c4ccccc34)C2=O)CC1. The Bertz CT molecular complexity index is 964. The molecule has 5 heteroatoms. The maximum Gasteiger partial charge on any atom is 0.229 e. The number of amides is 1. The van der Waals surface area contributed by atoms with Crippen LogP contribution in [0.2, 0.25) is 0 Å². The van der Waals surface area contributed by atoms with E-state index in [9.17, 15) is 4.79 Å². The van der Waals surface area contributed by atoms with Gasteiger partial charge in [0.15, 0.2) is 0 Å². The van der Waals surface area contributed by atoms with E-state index in [-0.39, 0.29) is 11.6 Å².